The minimum Gasteiger partial charge on any atom is -0.495 e. The highest BCUT2D eigenvalue weighted by Gasteiger charge is 2.31. The first-order valence-corrected chi connectivity index (χ1v) is 7.50. The topological polar surface area (TPSA) is 41.9 Å². The minimum absolute atomic E-state index is 0.0131. The zero-order valence-electron chi connectivity index (χ0n) is 11.5. The Morgan fingerprint density at radius 2 is 1.81 bits per heavy atom. The van der Waals surface area contributed by atoms with Crippen LogP contribution in [0, 0.1) is 0 Å². The van der Waals surface area contributed by atoms with Crippen molar-refractivity contribution in [2.75, 3.05) is 17.8 Å². The van der Waals surface area contributed by atoms with Crippen molar-refractivity contribution in [1.29, 1.82) is 0 Å². The molecule has 2 aromatic carbocycles. The molecule has 5 heteroatoms. The van der Waals surface area contributed by atoms with Gasteiger partial charge in [-0.1, -0.05) is 42.1 Å². The van der Waals surface area contributed by atoms with Crippen LogP contribution in [0.4, 0.5) is 11.4 Å². The molecule has 0 unspecified atom stereocenters. The van der Waals surface area contributed by atoms with E-state index in [1.807, 2.05) is 54.6 Å². The smallest absolute Gasteiger partial charge is 0.243 e. The van der Waals surface area contributed by atoms with Gasteiger partial charge in [0.05, 0.1) is 24.2 Å². The molecule has 106 valence electrons. The molecule has 1 saturated heterocycles. The van der Waals surface area contributed by atoms with Gasteiger partial charge in [0, 0.05) is 0 Å². The van der Waals surface area contributed by atoms with Gasteiger partial charge in [0.25, 0.3) is 0 Å². The lowest BCUT2D eigenvalue weighted by Crippen LogP contribution is -2.29. The Morgan fingerprint density at radius 3 is 2.57 bits per heavy atom. The fourth-order valence-corrected chi connectivity index (χ4v) is 2.99. The van der Waals surface area contributed by atoms with E-state index >= 15 is 0 Å². The van der Waals surface area contributed by atoms with Crippen LogP contribution in [0.3, 0.4) is 0 Å². The molecule has 1 heterocycles. The Bertz CT molecular complexity index is 686. The maximum atomic E-state index is 12.2. The predicted octanol–water partition coefficient (Wildman–Crippen LogP) is 3.46. The fourth-order valence-electron chi connectivity index (χ4n) is 2.11. The summed E-state index contributed by atoms with van der Waals surface area (Å²) in [6, 6.07) is 17.1. The summed E-state index contributed by atoms with van der Waals surface area (Å²) in [5.74, 6) is 1.07. The third-order valence-corrected chi connectivity index (χ3v) is 4.00. The van der Waals surface area contributed by atoms with E-state index in [1.165, 1.54) is 11.8 Å². The average Bonchev–Trinajstić information content (AvgIpc) is 2.89. The van der Waals surface area contributed by atoms with Crippen molar-refractivity contribution in [2.45, 2.75) is 0 Å². The number of nitrogens with zero attached hydrogens (tertiary/aromatic N) is 2. The summed E-state index contributed by atoms with van der Waals surface area (Å²) < 4.78 is 5.35. The zero-order valence-corrected chi connectivity index (χ0v) is 12.3. The first-order chi connectivity index (χ1) is 10.3. The molecule has 1 aliphatic heterocycles. The number of aliphatic imine (C=N–C) groups is 1. The average molecular weight is 298 g/mol. The van der Waals surface area contributed by atoms with E-state index in [-0.39, 0.29) is 5.91 Å². The van der Waals surface area contributed by atoms with Crippen LogP contribution in [0.25, 0.3) is 0 Å². The summed E-state index contributed by atoms with van der Waals surface area (Å²) >= 11 is 1.44. The number of methoxy groups -OCH3 is 1. The van der Waals surface area contributed by atoms with Crippen molar-refractivity contribution >= 4 is 34.2 Å². The summed E-state index contributed by atoms with van der Waals surface area (Å²) in [4.78, 5) is 18.4. The zero-order chi connectivity index (χ0) is 14.7. The molecule has 4 nitrogen and oxygen atoms in total. The molecular formula is C16H14N2O2S. The van der Waals surface area contributed by atoms with Crippen LogP contribution in [-0.2, 0) is 4.79 Å². The Hall–Kier alpha value is -2.27. The van der Waals surface area contributed by atoms with Crippen molar-refractivity contribution < 1.29 is 9.53 Å². The van der Waals surface area contributed by atoms with Gasteiger partial charge in [-0.2, -0.15) is 0 Å². The second-order valence-corrected chi connectivity index (χ2v) is 5.36. The minimum atomic E-state index is 0.0131. The molecule has 0 radical (unpaired) electrons. The quantitative estimate of drug-likeness (QED) is 0.871. The maximum Gasteiger partial charge on any atom is 0.243 e. The van der Waals surface area contributed by atoms with E-state index in [1.54, 1.807) is 12.0 Å². The van der Waals surface area contributed by atoms with Gasteiger partial charge in [-0.3, -0.25) is 9.69 Å². The van der Waals surface area contributed by atoms with Gasteiger partial charge >= 0.3 is 0 Å². The van der Waals surface area contributed by atoms with E-state index in [0.717, 1.165) is 11.4 Å². The predicted molar refractivity (Wildman–Crippen MR) is 86.5 cm³/mol. The summed E-state index contributed by atoms with van der Waals surface area (Å²) in [7, 11) is 1.60. The van der Waals surface area contributed by atoms with Crippen LogP contribution in [0.5, 0.6) is 5.75 Å². The van der Waals surface area contributed by atoms with Crippen LogP contribution in [0.15, 0.2) is 59.6 Å². The first-order valence-electron chi connectivity index (χ1n) is 6.52. The number of thioether (sulfide) groups is 1. The number of rotatable bonds is 3. The van der Waals surface area contributed by atoms with Crippen LogP contribution < -0.4 is 9.64 Å². The monoisotopic (exact) mass is 298 g/mol. The van der Waals surface area contributed by atoms with Crippen LogP contribution in [0.1, 0.15) is 0 Å². The van der Waals surface area contributed by atoms with Crippen LogP contribution >= 0.6 is 11.8 Å². The molecule has 1 fully saturated rings. The summed E-state index contributed by atoms with van der Waals surface area (Å²) in [5, 5.41) is 0.677. The molecular weight excluding hydrogens is 284 g/mol. The third kappa shape index (κ3) is 2.78. The molecule has 0 atom stereocenters. The second kappa shape index (κ2) is 6.01. The van der Waals surface area contributed by atoms with Gasteiger partial charge in [-0.25, -0.2) is 4.99 Å². The summed E-state index contributed by atoms with van der Waals surface area (Å²) in [6.45, 7) is 0. The highest BCUT2D eigenvalue weighted by Crippen LogP contribution is 2.34. The van der Waals surface area contributed by atoms with E-state index in [9.17, 15) is 4.79 Å². The van der Waals surface area contributed by atoms with Crippen molar-refractivity contribution in [3.05, 3.63) is 54.6 Å². The molecule has 0 bridgehead atoms. The molecule has 0 aliphatic carbocycles. The lowest BCUT2D eigenvalue weighted by Gasteiger charge is -2.18. The molecule has 0 saturated carbocycles. The summed E-state index contributed by atoms with van der Waals surface area (Å²) in [6.07, 6.45) is 0. The number of anilines is 1. The lowest BCUT2D eigenvalue weighted by atomic mass is 10.2. The van der Waals surface area contributed by atoms with Crippen molar-refractivity contribution in [1.82, 2.24) is 0 Å². The number of hydrogen-bond acceptors (Lipinski definition) is 4. The van der Waals surface area contributed by atoms with Gasteiger partial charge < -0.3 is 4.74 Å². The molecule has 0 spiro atoms. The van der Waals surface area contributed by atoms with Gasteiger partial charge in [-0.15, -0.1) is 0 Å². The molecule has 1 amide bonds. The second-order valence-electron chi connectivity index (χ2n) is 4.42. The number of carbonyl (C=O) groups is 1. The van der Waals surface area contributed by atoms with E-state index in [0.29, 0.717) is 16.7 Å². The van der Waals surface area contributed by atoms with E-state index in [4.69, 9.17) is 4.74 Å². The van der Waals surface area contributed by atoms with Gasteiger partial charge in [0.2, 0.25) is 5.91 Å². The number of benzene rings is 2. The fraction of sp³-hybridized carbons (Fsp3) is 0.125. The Labute approximate surface area is 127 Å². The molecule has 1 aliphatic rings. The van der Waals surface area contributed by atoms with Gasteiger partial charge in [-0.05, 0) is 24.3 Å². The number of ether oxygens (including phenoxy) is 1. The SMILES string of the molecule is COc1ccccc1N1C(=O)CSC1=Nc1ccccc1. The molecule has 21 heavy (non-hydrogen) atoms. The van der Waals surface area contributed by atoms with Gasteiger partial charge in [0.1, 0.15) is 5.75 Å². The first kappa shape index (κ1) is 13.7. The van der Waals surface area contributed by atoms with Crippen molar-refractivity contribution in [3.8, 4) is 5.75 Å². The number of para-hydroxylation sites is 3. The van der Waals surface area contributed by atoms with Crippen LogP contribution in [-0.4, -0.2) is 23.9 Å². The highest BCUT2D eigenvalue weighted by atomic mass is 32.2. The number of amides is 1. The maximum absolute atomic E-state index is 12.2. The Balaban J connectivity index is 2.02. The standard InChI is InChI=1S/C16H14N2O2S/c1-20-14-10-6-5-9-13(14)18-15(19)11-21-16(18)17-12-7-3-2-4-8-12/h2-10H,11H2,1H3. The molecule has 3 rings (SSSR count). The summed E-state index contributed by atoms with van der Waals surface area (Å²) in [5.41, 5.74) is 1.55. The van der Waals surface area contributed by atoms with Gasteiger partial charge in [0.15, 0.2) is 5.17 Å². The number of hydrogen-bond donors (Lipinski definition) is 0. The Morgan fingerprint density at radius 1 is 1.10 bits per heavy atom. The molecule has 2 aromatic rings. The largest absolute Gasteiger partial charge is 0.495 e. The van der Waals surface area contributed by atoms with E-state index in [2.05, 4.69) is 4.99 Å². The van der Waals surface area contributed by atoms with E-state index < -0.39 is 0 Å². The number of amidine groups is 1. The normalized spacial score (nSPS) is 16.5. The lowest BCUT2D eigenvalue weighted by molar-refractivity contribution is -0.115. The van der Waals surface area contributed by atoms with Crippen molar-refractivity contribution in [2.24, 2.45) is 4.99 Å². The number of carbonyl (C=O) groups excluding carboxylic acids is 1. The molecule has 0 aromatic heterocycles. The Kier molecular flexibility index (Phi) is 3.92. The van der Waals surface area contributed by atoms with Crippen LogP contribution in [0.2, 0.25) is 0 Å². The highest BCUT2D eigenvalue weighted by molar-refractivity contribution is 8.15. The molecule has 0 N–H and O–H groups in total. The third-order valence-electron chi connectivity index (χ3n) is 3.07. The van der Waals surface area contributed by atoms with Crippen molar-refractivity contribution in [3.63, 3.8) is 0 Å².